The molecule has 1 fully saturated rings. The average Bonchev–Trinajstić information content (AvgIpc) is 3.43. The first kappa shape index (κ1) is 32.2. The molecular formula is C28H29F5N4O5S. The highest BCUT2D eigenvalue weighted by molar-refractivity contribution is 7.91. The monoisotopic (exact) mass is 628 g/mol. The van der Waals surface area contributed by atoms with Gasteiger partial charge in [0.25, 0.3) is 5.91 Å². The van der Waals surface area contributed by atoms with Gasteiger partial charge in [0.1, 0.15) is 5.82 Å². The van der Waals surface area contributed by atoms with E-state index in [4.69, 9.17) is 0 Å². The maximum absolute atomic E-state index is 13.0. The second-order valence-corrected chi connectivity index (χ2v) is 12.1. The van der Waals surface area contributed by atoms with Crippen LogP contribution in [-0.2, 0) is 20.8 Å². The van der Waals surface area contributed by atoms with Crippen molar-refractivity contribution in [2.24, 2.45) is 0 Å². The second-order valence-electron chi connectivity index (χ2n) is 9.90. The number of halogens is 5. The number of nitrogens with zero attached hydrogens (tertiary/aromatic N) is 3. The Bertz CT molecular complexity index is 1490. The fourth-order valence-corrected chi connectivity index (χ4v) is 5.61. The number of aliphatic hydroxyl groups is 1. The van der Waals surface area contributed by atoms with E-state index < -0.39 is 52.8 Å². The first-order valence-electron chi connectivity index (χ1n) is 13.2. The van der Waals surface area contributed by atoms with Gasteiger partial charge < -0.3 is 20.1 Å². The maximum atomic E-state index is 13.0. The summed E-state index contributed by atoms with van der Waals surface area (Å²) in [5.74, 6) is -0.652. The molecule has 1 aliphatic rings. The van der Waals surface area contributed by atoms with Gasteiger partial charge in [0.05, 0.1) is 42.2 Å². The van der Waals surface area contributed by atoms with Crippen LogP contribution in [0.25, 0.3) is 0 Å². The Labute approximate surface area is 244 Å². The average molecular weight is 629 g/mol. The lowest BCUT2D eigenvalue weighted by molar-refractivity contribution is -0.137. The highest BCUT2D eigenvalue weighted by Gasteiger charge is 2.36. The zero-order chi connectivity index (χ0) is 31.4. The molecule has 4 rings (SSSR count). The van der Waals surface area contributed by atoms with Crippen molar-refractivity contribution in [1.82, 2.24) is 15.3 Å². The summed E-state index contributed by atoms with van der Waals surface area (Å²) in [6.07, 6.45) is -1.63. The SMILES string of the molecule is CCS(=O)(=O)c1ccc([C@H](CO)NC(=O)c2ccc(N3C[C@H](c4ccc(C(F)(F)F)cc4)C[C@H]3COC(F)F)nc2)cn1. The summed E-state index contributed by atoms with van der Waals surface area (Å²) in [4.78, 5) is 22.8. The molecule has 0 radical (unpaired) electrons. The van der Waals surface area contributed by atoms with Gasteiger partial charge >= 0.3 is 12.8 Å². The van der Waals surface area contributed by atoms with Crippen LogP contribution in [0.5, 0.6) is 0 Å². The Kier molecular flexibility index (Phi) is 9.97. The number of carbonyl (C=O) groups excluding carboxylic acids is 1. The van der Waals surface area contributed by atoms with Crippen LogP contribution in [0.3, 0.4) is 0 Å². The van der Waals surface area contributed by atoms with Gasteiger partial charge in [-0.2, -0.15) is 22.0 Å². The van der Waals surface area contributed by atoms with Gasteiger partial charge in [-0.05, 0) is 47.9 Å². The molecule has 1 aliphatic heterocycles. The van der Waals surface area contributed by atoms with Gasteiger partial charge in [-0.15, -0.1) is 0 Å². The lowest BCUT2D eigenvalue weighted by Crippen LogP contribution is -2.34. The number of carbonyl (C=O) groups is 1. The molecule has 3 atom stereocenters. The van der Waals surface area contributed by atoms with Crippen molar-refractivity contribution in [3.05, 3.63) is 83.2 Å². The number of hydrogen-bond acceptors (Lipinski definition) is 8. The molecule has 232 valence electrons. The van der Waals surface area contributed by atoms with Crippen molar-refractivity contribution in [3.63, 3.8) is 0 Å². The molecule has 1 amide bonds. The van der Waals surface area contributed by atoms with Gasteiger partial charge in [0, 0.05) is 24.9 Å². The van der Waals surface area contributed by atoms with E-state index in [0.717, 1.165) is 12.1 Å². The number of nitrogens with one attached hydrogen (secondary N) is 1. The van der Waals surface area contributed by atoms with Gasteiger partial charge in [0.15, 0.2) is 14.9 Å². The molecule has 0 spiro atoms. The van der Waals surface area contributed by atoms with Crippen molar-refractivity contribution in [1.29, 1.82) is 0 Å². The normalized spacial score (nSPS) is 18.2. The number of alkyl halides is 5. The third-order valence-corrected chi connectivity index (χ3v) is 8.83. The van der Waals surface area contributed by atoms with E-state index in [1.807, 2.05) is 0 Å². The fraction of sp³-hybridized carbons (Fsp3) is 0.393. The molecule has 1 aromatic carbocycles. The minimum atomic E-state index is -4.48. The zero-order valence-corrected chi connectivity index (χ0v) is 23.7. The van der Waals surface area contributed by atoms with Crippen LogP contribution in [0.4, 0.5) is 27.8 Å². The Morgan fingerprint density at radius 2 is 1.81 bits per heavy atom. The number of pyridine rings is 2. The van der Waals surface area contributed by atoms with E-state index in [-0.39, 0.29) is 35.4 Å². The number of aromatic nitrogens is 2. The Morgan fingerprint density at radius 1 is 1.09 bits per heavy atom. The first-order valence-corrected chi connectivity index (χ1v) is 14.9. The molecule has 43 heavy (non-hydrogen) atoms. The van der Waals surface area contributed by atoms with Crippen molar-refractivity contribution in [3.8, 4) is 0 Å². The van der Waals surface area contributed by atoms with Crippen molar-refractivity contribution in [2.75, 3.05) is 30.4 Å². The van der Waals surface area contributed by atoms with E-state index in [9.17, 15) is 40.3 Å². The summed E-state index contributed by atoms with van der Waals surface area (Å²) in [6, 6.07) is 8.95. The van der Waals surface area contributed by atoms with Crippen molar-refractivity contribution < 1.29 is 45.0 Å². The molecule has 2 N–H and O–H groups in total. The molecular weight excluding hydrogens is 599 g/mol. The predicted molar refractivity (Wildman–Crippen MR) is 145 cm³/mol. The Morgan fingerprint density at radius 3 is 2.35 bits per heavy atom. The molecule has 15 heteroatoms. The lowest BCUT2D eigenvalue weighted by atomic mass is 9.95. The second kappa shape index (κ2) is 13.3. The standard InChI is InChI=1S/C28H29F5N4O5S/c1-2-43(40,41)25-10-6-18(12-35-25)23(15-38)36-26(39)19-5-9-24(34-13-19)37-14-20(11-22(37)16-42-27(29)30)17-3-7-21(8-4-17)28(31,32)33/h3-10,12-13,20,22-23,27,38H,2,11,14-16H2,1H3,(H,36,39)/t20-,22+,23+/m1/s1. The maximum Gasteiger partial charge on any atom is 0.416 e. The number of sulfone groups is 1. The van der Waals surface area contributed by atoms with Crippen LogP contribution in [-0.4, -0.2) is 67.6 Å². The third-order valence-electron chi connectivity index (χ3n) is 7.19. The van der Waals surface area contributed by atoms with Crippen LogP contribution in [0, 0.1) is 0 Å². The smallest absolute Gasteiger partial charge is 0.394 e. The van der Waals surface area contributed by atoms with E-state index in [0.29, 0.717) is 23.4 Å². The highest BCUT2D eigenvalue weighted by Crippen LogP contribution is 2.36. The summed E-state index contributed by atoms with van der Waals surface area (Å²) in [5.41, 5.74) is 0.321. The van der Waals surface area contributed by atoms with Crippen LogP contribution in [0.2, 0.25) is 0 Å². The number of rotatable bonds is 11. The molecule has 2 aromatic heterocycles. The fourth-order valence-electron chi connectivity index (χ4n) is 4.82. The minimum absolute atomic E-state index is 0.124. The number of ether oxygens (including phenoxy) is 1. The summed E-state index contributed by atoms with van der Waals surface area (Å²) in [5, 5.41) is 12.3. The Hall–Kier alpha value is -3.69. The highest BCUT2D eigenvalue weighted by atomic mass is 32.2. The summed E-state index contributed by atoms with van der Waals surface area (Å²) in [7, 11) is -3.52. The molecule has 0 saturated carbocycles. The van der Waals surface area contributed by atoms with Gasteiger partial charge in [-0.25, -0.2) is 18.4 Å². The van der Waals surface area contributed by atoms with Crippen LogP contribution in [0.15, 0.2) is 66.0 Å². The van der Waals surface area contributed by atoms with Crippen molar-refractivity contribution >= 4 is 21.6 Å². The van der Waals surface area contributed by atoms with E-state index in [2.05, 4.69) is 20.0 Å². The third kappa shape index (κ3) is 7.83. The summed E-state index contributed by atoms with van der Waals surface area (Å²) in [6.45, 7) is -2.09. The molecule has 0 unspecified atom stereocenters. The molecule has 3 heterocycles. The van der Waals surface area contributed by atoms with E-state index >= 15 is 0 Å². The summed E-state index contributed by atoms with van der Waals surface area (Å²) < 4.78 is 93.1. The van der Waals surface area contributed by atoms with Crippen LogP contribution >= 0.6 is 0 Å². The minimum Gasteiger partial charge on any atom is -0.394 e. The quantitative estimate of drug-likeness (QED) is 0.301. The summed E-state index contributed by atoms with van der Waals surface area (Å²) >= 11 is 0. The topological polar surface area (TPSA) is 122 Å². The Balaban J connectivity index is 1.47. The zero-order valence-electron chi connectivity index (χ0n) is 22.8. The number of amides is 1. The molecule has 1 saturated heterocycles. The van der Waals surface area contributed by atoms with E-state index in [1.54, 1.807) is 4.90 Å². The molecule has 0 bridgehead atoms. The van der Waals surface area contributed by atoms with E-state index in [1.165, 1.54) is 55.7 Å². The number of hydrogen-bond donors (Lipinski definition) is 2. The van der Waals surface area contributed by atoms with Gasteiger partial charge in [0.2, 0.25) is 0 Å². The lowest BCUT2D eigenvalue weighted by Gasteiger charge is -2.25. The van der Waals surface area contributed by atoms with Crippen LogP contribution in [0.1, 0.15) is 52.4 Å². The van der Waals surface area contributed by atoms with Gasteiger partial charge in [-0.1, -0.05) is 25.1 Å². The van der Waals surface area contributed by atoms with Gasteiger partial charge in [-0.3, -0.25) is 4.79 Å². The molecule has 3 aromatic rings. The number of anilines is 1. The first-order chi connectivity index (χ1) is 20.3. The van der Waals surface area contributed by atoms with Crippen LogP contribution < -0.4 is 10.2 Å². The molecule has 9 nitrogen and oxygen atoms in total. The number of aliphatic hydroxyl groups excluding tert-OH is 1. The predicted octanol–water partition coefficient (Wildman–Crippen LogP) is 4.35. The number of benzene rings is 1. The largest absolute Gasteiger partial charge is 0.416 e. The van der Waals surface area contributed by atoms with Crippen molar-refractivity contribution in [2.45, 2.75) is 49.2 Å². The molecule has 0 aliphatic carbocycles.